The molecule has 2 rings (SSSR count). The van der Waals surface area contributed by atoms with Crippen LogP contribution in [0.25, 0.3) is 6.08 Å². The first-order chi connectivity index (χ1) is 12.5. The number of benzene rings is 1. The highest BCUT2D eigenvalue weighted by Gasteiger charge is 2.40. The topological polar surface area (TPSA) is 66.8 Å². The minimum atomic E-state index is -1.04. The molecule has 5 nitrogen and oxygen atoms in total. The third-order valence-corrected chi connectivity index (χ3v) is 5.62. The second-order valence-corrected chi connectivity index (χ2v) is 8.27. The number of thioether (sulfide) groups is 2. The van der Waals surface area contributed by atoms with Crippen LogP contribution in [0, 0.1) is 0 Å². The largest absolute Gasteiger partial charge is 0.494 e. The van der Waals surface area contributed by atoms with Crippen LogP contribution >= 0.6 is 35.7 Å². The van der Waals surface area contributed by atoms with E-state index in [1.165, 1.54) is 4.90 Å². The van der Waals surface area contributed by atoms with E-state index in [4.69, 9.17) is 17.0 Å². The smallest absolute Gasteiger partial charge is 0.326 e. The summed E-state index contributed by atoms with van der Waals surface area (Å²) in [6, 6.07) is 6.51. The maximum Gasteiger partial charge on any atom is 0.326 e. The van der Waals surface area contributed by atoms with E-state index >= 15 is 0 Å². The Morgan fingerprint density at radius 1 is 1.50 bits per heavy atom. The molecule has 0 aromatic heterocycles. The van der Waals surface area contributed by atoms with E-state index in [9.17, 15) is 14.7 Å². The Bertz CT molecular complexity index is 720. The predicted molar refractivity (Wildman–Crippen MR) is 112 cm³/mol. The minimum absolute atomic E-state index is 0.285. The molecule has 8 heteroatoms. The maximum absolute atomic E-state index is 12.7. The Kier molecular flexibility index (Phi) is 7.99. The number of amides is 1. The number of nitrogens with zero attached hydrogens (tertiary/aromatic N) is 1. The molecule has 0 radical (unpaired) electrons. The number of hydrogen-bond donors (Lipinski definition) is 1. The molecule has 1 saturated heterocycles. The van der Waals surface area contributed by atoms with Gasteiger partial charge in [-0.2, -0.15) is 11.8 Å². The quantitative estimate of drug-likeness (QED) is 0.488. The van der Waals surface area contributed by atoms with Gasteiger partial charge in [0.15, 0.2) is 0 Å². The number of thiocarbonyl (C=S) groups is 1. The van der Waals surface area contributed by atoms with Gasteiger partial charge in [0.1, 0.15) is 16.1 Å². The van der Waals surface area contributed by atoms with E-state index in [1.54, 1.807) is 17.8 Å². The second kappa shape index (κ2) is 9.99. The molecule has 140 valence electrons. The number of carboxylic acid groups (broad SMARTS) is 1. The summed E-state index contributed by atoms with van der Waals surface area (Å²) in [5.74, 6) is -0.0106. The summed E-state index contributed by atoms with van der Waals surface area (Å²) in [6.45, 7) is 2.66. The fourth-order valence-corrected chi connectivity index (χ4v) is 4.22. The van der Waals surface area contributed by atoms with Crippen molar-refractivity contribution in [3.63, 3.8) is 0 Å². The van der Waals surface area contributed by atoms with E-state index in [2.05, 4.69) is 0 Å². The third-order valence-electron chi connectivity index (χ3n) is 3.64. The van der Waals surface area contributed by atoms with Gasteiger partial charge in [0, 0.05) is 0 Å². The third kappa shape index (κ3) is 5.25. The number of carboxylic acids is 1. The minimum Gasteiger partial charge on any atom is -0.494 e. The van der Waals surface area contributed by atoms with Gasteiger partial charge in [-0.3, -0.25) is 9.69 Å². The lowest BCUT2D eigenvalue weighted by Crippen LogP contribution is -2.44. The number of rotatable bonds is 9. The first-order valence-electron chi connectivity index (χ1n) is 8.19. The molecule has 1 N–H and O–H groups in total. The van der Waals surface area contributed by atoms with Crippen molar-refractivity contribution in [1.29, 1.82) is 0 Å². The monoisotopic (exact) mass is 411 g/mol. The summed E-state index contributed by atoms with van der Waals surface area (Å²) in [5.41, 5.74) is 0.815. The van der Waals surface area contributed by atoms with E-state index in [0.29, 0.717) is 23.7 Å². The molecule has 0 saturated carbocycles. The van der Waals surface area contributed by atoms with Crippen molar-refractivity contribution in [2.75, 3.05) is 18.6 Å². The number of hydrogen-bond acceptors (Lipinski definition) is 6. The van der Waals surface area contributed by atoms with Crippen LogP contribution in [0.15, 0.2) is 29.2 Å². The van der Waals surface area contributed by atoms with E-state index in [0.717, 1.165) is 29.5 Å². The Morgan fingerprint density at radius 2 is 2.27 bits per heavy atom. The van der Waals surface area contributed by atoms with Crippen LogP contribution in [0.1, 0.15) is 25.3 Å². The molecule has 0 aliphatic carbocycles. The van der Waals surface area contributed by atoms with Gasteiger partial charge in [-0.05, 0) is 48.6 Å². The first kappa shape index (κ1) is 20.8. The van der Waals surface area contributed by atoms with Crippen molar-refractivity contribution in [3.05, 3.63) is 34.7 Å². The van der Waals surface area contributed by atoms with Gasteiger partial charge in [0.25, 0.3) is 5.91 Å². The maximum atomic E-state index is 12.7. The van der Waals surface area contributed by atoms with Crippen molar-refractivity contribution >= 4 is 58.0 Å². The molecule has 0 spiro atoms. The van der Waals surface area contributed by atoms with Gasteiger partial charge in [-0.15, -0.1) is 0 Å². The van der Waals surface area contributed by atoms with Crippen molar-refractivity contribution in [1.82, 2.24) is 4.90 Å². The number of aliphatic carboxylic acids is 1. The summed E-state index contributed by atoms with van der Waals surface area (Å²) in [5, 5.41) is 9.48. The average Bonchev–Trinajstić information content (AvgIpc) is 2.88. The zero-order valence-corrected chi connectivity index (χ0v) is 17.1. The van der Waals surface area contributed by atoms with E-state index < -0.39 is 12.0 Å². The summed E-state index contributed by atoms with van der Waals surface area (Å²) in [6.07, 6.45) is 4.90. The average molecular weight is 412 g/mol. The Balaban J connectivity index is 2.21. The molecule has 1 heterocycles. The summed E-state index contributed by atoms with van der Waals surface area (Å²) < 4.78 is 5.89. The van der Waals surface area contributed by atoms with Crippen LogP contribution in [0.5, 0.6) is 5.75 Å². The molecular weight excluding hydrogens is 390 g/mol. The standard InChI is InChI=1S/C18H21NO4S3/c1-3-8-23-13-6-4-5-12(10-13)11-15-16(20)19(18(24)26-15)14(17(21)22)7-9-25-2/h4-6,10-11,14H,3,7-9H2,1-2H3,(H,21,22)/b15-11+/t14-/m0/s1. The van der Waals surface area contributed by atoms with Crippen LogP contribution < -0.4 is 4.74 Å². The highest BCUT2D eigenvalue weighted by atomic mass is 32.2. The van der Waals surface area contributed by atoms with Crippen LogP contribution in [0.2, 0.25) is 0 Å². The lowest BCUT2D eigenvalue weighted by atomic mass is 10.1. The fourth-order valence-electron chi connectivity index (χ4n) is 2.41. The van der Waals surface area contributed by atoms with Crippen molar-refractivity contribution in [3.8, 4) is 5.75 Å². The summed E-state index contributed by atoms with van der Waals surface area (Å²) in [7, 11) is 0. The normalized spacial score (nSPS) is 17.0. The lowest BCUT2D eigenvalue weighted by Gasteiger charge is -2.22. The Morgan fingerprint density at radius 3 is 2.92 bits per heavy atom. The lowest BCUT2D eigenvalue weighted by molar-refractivity contribution is -0.145. The van der Waals surface area contributed by atoms with Gasteiger partial charge in [0.2, 0.25) is 0 Å². The SMILES string of the molecule is CCCOc1cccc(/C=C2/SC(=S)N([C@@H](CCSC)C(=O)O)C2=O)c1. The molecule has 0 bridgehead atoms. The van der Waals surface area contributed by atoms with Gasteiger partial charge >= 0.3 is 5.97 Å². The predicted octanol–water partition coefficient (Wildman–Crippen LogP) is 3.88. The molecule has 26 heavy (non-hydrogen) atoms. The van der Waals surface area contributed by atoms with Crippen molar-refractivity contribution in [2.24, 2.45) is 0 Å². The number of carbonyl (C=O) groups is 2. The molecule has 1 atom stereocenters. The number of ether oxygens (including phenoxy) is 1. The fraction of sp³-hybridized carbons (Fsp3) is 0.389. The van der Waals surface area contributed by atoms with Crippen molar-refractivity contribution in [2.45, 2.75) is 25.8 Å². The molecule has 1 aromatic carbocycles. The molecule has 1 amide bonds. The zero-order valence-electron chi connectivity index (χ0n) is 14.6. The van der Waals surface area contributed by atoms with Gasteiger partial charge in [-0.25, -0.2) is 4.79 Å². The van der Waals surface area contributed by atoms with Crippen LogP contribution in [-0.2, 0) is 9.59 Å². The van der Waals surface area contributed by atoms with E-state index in [1.807, 2.05) is 37.4 Å². The molecule has 1 aliphatic heterocycles. The van der Waals surface area contributed by atoms with Gasteiger partial charge in [0.05, 0.1) is 11.5 Å². The molecule has 1 aliphatic rings. The number of carbonyl (C=O) groups excluding carboxylic acids is 1. The van der Waals surface area contributed by atoms with Crippen LogP contribution in [0.3, 0.4) is 0 Å². The van der Waals surface area contributed by atoms with Gasteiger partial charge in [-0.1, -0.05) is 43.0 Å². The van der Waals surface area contributed by atoms with Crippen LogP contribution in [0.4, 0.5) is 0 Å². The highest BCUT2D eigenvalue weighted by Crippen LogP contribution is 2.35. The summed E-state index contributed by atoms with van der Waals surface area (Å²) in [4.78, 5) is 26.0. The molecular formula is C18H21NO4S3. The molecule has 0 unspecified atom stereocenters. The first-order valence-corrected chi connectivity index (χ1v) is 10.8. The Hall–Kier alpha value is -1.51. The second-order valence-electron chi connectivity index (χ2n) is 5.61. The van der Waals surface area contributed by atoms with Gasteiger partial charge < -0.3 is 9.84 Å². The van der Waals surface area contributed by atoms with Crippen molar-refractivity contribution < 1.29 is 19.4 Å². The Labute approximate surface area is 167 Å². The zero-order chi connectivity index (χ0) is 19.1. The highest BCUT2D eigenvalue weighted by molar-refractivity contribution is 8.26. The van der Waals surface area contributed by atoms with Crippen LogP contribution in [-0.4, -0.2) is 50.9 Å². The molecule has 1 fully saturated rings. The van der Waals surface area contributed by atoms with E-state index in [-0.39, 0.29) is 10.2 Å². The summed E-state index contributed by atoms with van der Waals surface area (Å²) >= 11 is 7.95. The molecule has 1 aromatic rings.